The first-order valence-corrected chi connectivity index (χ1v) is 10.1. The monoisotopic (exact) mass is 394 g/mol. The van der Waals surface area contributed by atoms with E-state index in [1.165, 1.54) is 18.2 Å². The van der Waals surface area contributed by atoms with E-state index in [1.807, 2.05) is 0 Å². The van der Waals surface area contributed by atoms with E-state index in [-0.39, 0.29) is 22.3 Å². The highest BCUT2D eigenvalue weighted by Gasteiger charge is 2.28. The van der Waals surface area contributed by atoms with Crippen molar-refractivity contribution in [3.63, 3.8) is 0 Å². The second-order valence-electron chi connectivity index (χ2n) is 6.83. The predicted molar refractivity (Wildman–Crippen MR) is 96.7 cm³/mol. The van der Waals surface area contributed by atoms with Crippen molar-refractivity contribution in [3.05, 3.63) is 64.7 Å². The summed E-state index contributed by atoms with van der Waals surface area (Å²) in [4.78, 5) is 11.9. The molecule has 2 N–H and O–H groups in total. The fourth-order valence-electron chi connectivity index (χ4n) is 3.11. The van der Waals surface area contributed by atoms with E-state index >= 15 is 0 Å². The Bertz CT molecular complexity index is 990. The van der Waals surface area contributed by atoms with Gasteiger partial charge in [0.15, 0.2) is 0 Å². The van der Waals surface area contributed by atoms with Gasteiger partial charge in [-0.2, -0.15) is 0 Å². The van der Waals surface area contributed by atoms with Gasteiger partial charge in [0.2, 0.25) is 10.0 Å². The van der Waals surface area contributed by atoms with Crippen LogP contribution in [0.2, 0.25) is 0 Å². The van der Waals surface area contributed by atoms with Crippen LogP contribution >= 0.6 is 0 Å². The highest BCUT2D eigenvalue weighted by molar-refractivity contribution is 7.89. The molecule has 0 bridgehead atoms. The Labute approximate surface area is 156 Å². The first-order chi connectivity index (χ1) is 12.7. The molecule has 0 spiro atoms. The number of amides is 1. The molecular formula is C19H20F2N2O3S. The van der Waals surface area contributed by atoms with Crippen molar-refractivity contribution >= 4 is 15.9 Å². The van der Waals surface area contributed by atoms with Crippen molar-refractivity contribution in [2.75, 3.05) is 6.54 Å². The summed E-state index contributed by atoms with van der Waals surface area (Å²) in [6, 6.07) is 6.53. The molecule has 1 heterocycles. The molecule has 0 saturated heterocycles. The second kappa shape index (κ2) is 7.36. The lowest BCUT2D eigenvalue weighted by atomic mass is 9.96. The van der Waals surface area contributed by atoms with Crippen LogP contribution in [0.1, 0.15) is 41.4 Å². The summed E-state index contributed by atoms with van der Waals surface area (Å²) in [5.41, 5.74) is 1.16. The number of halogens is 2. The van der Waals surface area contributed by atoms with Gasteiger partial charge in [0, 0.05) is 23.7 Å². The van der Waals surface area contributed by atoms with E-state index in [9.17, 15) is 22.0 Å². The van der Waals surface area contributed by atoms with Crippen molar-refractivity contribution in [2.45, 2.75) is 31.2 Å². The summed E-state index contributed by atoms with van der Waals surface area (Å²) >= 11 is 0. The Hall–Kier alpha value is -2.32. The average molecular weight is 394 g/mol. The Kier molecular flexibility index (Phi) is 5.30. The summed E-state index contributed by atoms with van der Waals surface area (Å²) in [6.07, 6.45) is 0.629. The molecule has 3 rings (SSSR count). The van der Waals surface area contributed by atoms with E-state index in [1.54, 1.807) is 19.9 Å². The fraction of sp³-hybridized carbons (Fsp3) is 0.316. The number of nitrogens with one attached hydrogen (secondary N) is 2. The van der Waals surface area contributed by atoms with Gasteiger partial charge in [0.1, 0.15) is 11.6 Å². The zero-order chi connectivity index (χ0) is 19.8. The zero-order valence-corrected chi connectivity index (χ0v) is 15.7. The molecular weight excluding hydrogens is 374 g/mol. The largest absolute Gasteiger partial charge is 0.352 e. The number of hydrogen-bond donors (Lipinski definition) is 2. The minimum absolute atomic E-state index is 0.0608. The van der Waals surface area contributed by atoms with Crippen LogP contribution in [-0.2, 0) is 16.4 Å². The maximum Gasteiger partial charge on any atom is 0.251 e. The molecule has 1 unspecified atom stereocenters. The van der Waals surface area contributed by atoms with Crippen LogP contribution in [0.15, 0.2) is 41.3 Å². The molecule has 1 amide bonds. The van der Waals surface area contributed by atoms with Gasteiger partial charge >= 0.3 is 0 Å². The first-order valence-electron chi connectivity index (χ1n) is 8.57. The predicted octanol–water partition coefficient (Wildman–Crippen LogP) is 2.93. The number of carbonyl (C=O) groups excluding carboxylic acids is 1. The lowest BCUT2D eigenvalue weighted by molar-refractivity contribution is 0.0945. The Balaban J connectivity index is 1.96. The lowest BCUT2D eigenvalue weighted by Crippen LogP contribution is -2.34. The maximum atomic E-state index is 14.2. The van der Waals surface area contributed by atoms with Crippen LogP contribution in [0, 0.1) is 17.6 Å². The summed E-state index contributed by atoms with van der Waals surface area (Å²) in [7, 11) is -4.03. The van der Waals surface area contributed by atoms with Crippen LogP contribution in [0.4, 0.5) is 8.78 Å². The molecule has 1 aliphatic heterocycles. The zero-order valence-electron chi connectivity index (χ0n) is 14.9. The molecule has 1 aliphatic rings. The number of hydrogen-bond acceptors (Lipinski definition) is 3. The van der Waals surface area contributed by atoms with Gasteiger partial charge in [0.05, 0.1) is 10.9 Å². The topological polar surface area (TPSA) is 75.3 Å². The summed E-state index contributed by atoms with van der Waals surface area (Å²) in [6.45, 7) is 3.97. The minimum atomic E-state index is -4.03. The van der Waals surface area contributed by atoms with Crippen molar-refractivity contribution in [1.82, 2.24) is 10.0 Å². The van der Waals surface area contributed by atoms with E-state index in [4.69, 9.17) is 0 Å². The van der Waals surface area contributed by atoms with Gasteiger partial charge < -0.3 is 5.32 Å². The van der Waals surface area contributed by atoms with E-state index in [0.29, 0.717) is 18.5 Å². The molecule has 5 nitrogen and oxygen atoms in total. The number of rotatable bonds is 5. The molecule has 0 fully saturated rings. The third kappa shape index (κ3) is 4.01. The maximum absolute atomic E-state index is 14.2. The van der Waals surface area contributed by atoms with E-state index in [2.05, 4.69) is 10.0 Å². The van der Waals surface area contributed by atoms with Gasteiger partial charge in [0.25, 0.3) is 5.91 Å². The number of benzene rings is 2. The molecule has 2 aromatic rings. The smallest absolute Gasteiger partial charge is 0.251 e. The minimum Gasteiger partial charge on any atom is -0.352 e. The van der Waals surface area contributed by atoms with Gasteiger partial charge in [-0.25, -0.2) is 21.9 Å². The molecule has 2 aromatic carbocycles. The van der Waals surface area contributed by atoms with E-state index in [0.717, 1.165) is 17.7 Å². The molecule has 0 radical (unpaired) electrons. The number of sulfonamides is 1. The molecule has 8 heteroatoms. The Morgan fingerprint density at radius 3 is 2.52 bits per heavy atom. The number of carbonyl (C=O) groups is 1. The van der Waals surface area contributed by atoms with Crippen molar-refractivity contribution in [2.24, 2.45) is 5.92 Å². The van der Waals surface area contributed by atoms with Gasteiger partial charge in [-0.3, -0.25) is 4.79 Å². The highest BCUT2D eigenvalue weighted by Crippen LogP contribution is 2.28. The Morgan fingerprint density at radius 2 is 1.85 bits per heavy atom. The first kappa shape index (κ1) is 19.4. The summed E-state index contributed by atoms with van der Waals surface area (Å²) in [5, 5.41) is 2.68. The van der Waals surface area contributed by atoms with Crippen molar-refractivity contribution in [3.8, 4) is 0 Å². The molecule has 27 heavy (non-hydrogen) atoms. The SMILES string of the molecule is CC(C)C(NS(=O)(=O)c1ccc2c(c1)C(=O)NCC2)c1ccc(F)cc1F. The molecule has 1 atom stereocenters. The van der Waals surface area contributed by atoms with Crippen LogP contribution in [0.25, 0.3) is 0 Å². The van der Waals surface area contributed by atoms with Crippen LogP contribution in [-0.4, -0.2) is 20.9 Å². The second-order valence-corrected chi connectivity index (χ2v) is 8.55. The van der Waals surface area contributed by atoms with Crippen LogP contribution < -0.4 is 10.0 Å². The van der Waals surface area contributed by atoms with Crippen molar-refractivity contribution in [1.29, 1.82) is 0 Å². The molecule has 0 aromatic heterocycles. The fourth-order valence-corrected chi connectivity index (χ4v) is 4.50. The van der Waals surface area contributed by atoms with E-state index < -0.39 is 27.7 Å². The highest BCUT2D eigenvalue weighted by atomic mass is 32.2. The lowest BCUT2D eigenvalue weighted by Gasteiger charge is -2.24. The van der Waals surface area contributed by atoms with Crippen LogP contribution in [0.3, 0.4) is 0 Å². The molecule has 144 valence electrons. The molecule has 0 aliphatic carbocycles. The van der Waals surface area contributed by atoms with Crippen molar-refractivity contribution < 1.29 is 22.0 Å². The standard InChI is InChI=1S/C19H20F2N2O3S/c1-11(2)18(15-6-4-13(20)9-17(15)21)23-27(25,26)14-5-3-12-7-8-22-19(24)16(12)10-14/h3-6,9-11,18,23H,7-8H2,1-2H3,(H,22,24). The molecule has 0 saturated carbocycles. The Morgan fingerprint density at radius 1 is 1.11 bits per heavy atom. The van der Waals surface area contributed by atoms with Crippen LogP contribution in [0.5, 0.6) is 0 Å². The van der Waals surface area contributed by atoms with Gasteiger partial charge in [-0.1, -0.05) is 26.0 Å². The average Bonchev–Trinajstić information content (AvgIpc) is 2.60. The quantitative estimate of drug-likeness (QED) is 0.819. The third-order valence-corrected chi connectivity index (χ3v) is 6.00. The summed E-state index contributed by atoms with van der Waals surface area (Å²) < 4.78 is 55.6. The van der Waals surface area contributed by atoms with Gasteiger partial charge in [-0.15, -0.1) is 0 Å². The number of fused-ring (bicyclic) bond motifs is 1. The third-order valence-electron chi connectivity index (χ3n) is 4.56. The van der Waals surface area contributed by atoms with Gasteiger partial charge in [-0.05, 0) is 36.1 Å². The normalized spacial score (nSPS) is 15.4. The summed E-state index contributed by atoms with van der Waals surface area (Å²) in [5.74, 6) is -2.16.